The molecule has 0 aromatic rings. The highest BCUT2D eigenvalue weighted by molar-refractivity contribution is 4.90. The van der Waals surface area contributed by atoms with Gasteiger partial charge >= 0.3 is 0 Å². The molecule has 1 heterocycles. The van der Waals surface area contributed by atoms with Crippen molar-refractivity contribution in [2.45, 2.75) is 44.9 Å². The van der Waals surface area contributed by atoms with Crippen LogP contribution in [0.3, 0.4) is 0 Å². The molecule has 0 N–H and O–H groups in total. The highest BCUT2D eigenvalue weighted by Gasteiger charge is 2.35. The lowest BCUT2D eigenvalue weighted by Gasteiger charge is -2.36. The van der Waals surface area contributed by atoms with Crippen LogP contribution >= 0.6 is 0 Å². The third kappa shape index (κ3) is 1.57. The maximum Gasteiger partial charge on any atom is 0.0674 e. The standard InChI is InChI=1S/C9H17NO/c1-7-6-11-8(2)5-10(7)9-3-4-9/h7-9H,3-6H2,1-2H3/t7-,8?/m0/s1. The average molecular weight is 155 g/mol. The molecule has 1 aliphatic heterocycles. The van der Waals surface area contributed by atoms with Crippen molar-refractivity contribution < 1.29 is 4.74 Å². The van der Waals surface area contributed by atoms with E-state index in [1.165, 1.54) is 12.8 Å². The molecule has 1 saturated carbocycles. The molecule has 1 aliphatic carbocycles. The fourth-order valence-electron chi connectivity index (χ4n) is 1.84. The van der Waals surface area contributed by atoms with Crippen LogP contribution in [0, 0.1) is 0 Å². The van der Waals surface area contributed by atoms with E-state index < -0.39 is 0 Å². The molecule has 0 aromatic carbocycles. The highest BCUT2D eigenvalue weighted by Crippen LogP contribution is 2.30. The summed E-state index contributed by atoms with van der Waals surface area (Å²) in [6.07, 6.45) is 3.28. The molecule has 1 saturated heterocycles. The number of morpholine rings is 1. The normalized spacial score (nSPS) is 40.9. The predicted molar refractivity (Wildman–Crippen MR) is 44.6 cm³/mol. The average Bonchev–Trinajstić information content (AvgIpc) is 2.76. The third-order valence-corrected chi connectivity index (χ3v) is 2.67. The second-order valence-corrected chi connectivity index (χ2v) is 3.92. The van der Waals surface area contributed by atoms with Crippen LogP contribution in [-0.4, -0.2) is 36.2 Å². The Morgan fingerprint density at radius 2 is 2.00 bits per heavy atom. The summed E-state index contributed by atoms with van der Waals surface area (Å²) in [5.41, 5.74) is 0. The summed E-state index contributed by atoms with van der Waals surface area (Å²) in [5, 5.41) is 0. The zero-order valence-corrected chi connectivity index (χ0v) is 7.42. The predicted octanol–water partition coefficient (Wildman–Crippen LogP) is 1.26. The third-order valence-electron chi connectivity index (χ3n) is 2.67. The summed E-state index contributed by atoms with van der Waals surface area (Å²) in [6.45, 7) is 6.51. The highest BCUT2D eigenvalue weighted by atomic mass is 16.5. The lowest BCUT2D eigenvalue weighted by molar-refractivity contribution is -0.0527. The van der Waals surface area contributed by atoms with Gasteiger partial charge in [-0.2, -0.15) is 0 Å². The first-order chi connectivity index (χ1) is 5.27. The molecule has 0 amide bonds. The van der Waals surface area contributed by atoms with Crippen LogP contribution in [0.1, 0.15) is 26.7 Å². The minimum absolute atomic E-state index is 0.451. The molecule has 0 radical (unpaired) electrons. The van der Waals surface area contributed by atoms with Gasteiger partial charge in [-0.25, -0.2) is 0 Å². The first-order valence-electron chi connectivity index (χ1n) is 4.64. The minimum Gasteiger partial charge on any atom is -0.376 e. The van der Waals surface area contributed by atoms with E-state index in [0.717, 1.165) is 19.2 Å². The SMILES string of the molecule is CC1CN(C2CC2)[C@@H](C)CO1. The quantitative estimate of drug-likeness (QED) is 0.565. The van der Waals surface area contributed by atoms with Gasteiger partial charge in [0.15, 0.2) is 0 Å². The van der Waals surface area contributed by atoms with E-state index in [4.69, 9.17) is 4.74 Å². The Morgan fingerprint density at radius 3 is 2.64 bits per heavy atom. The Kier molecular flexibility index (Phi) is 1.90. The summed E-state index contributed by atoms with van der Waals surface area (Å²) in [4.78, 5) is 2.61. The van der Waals surface area contributed by atoms with Crippen LogP contribution in [-0.2, 0) is 4.74 Å². The molecule has 0 aromatic heterocycles. The first kappa shape index (κ1) is 7.56. The van der Waals surface area contributed by atoms with Crippen LogP contribution in [0.5, 0.6) is 0 Å². The van der Waals surface area contributed by atoms with Crippen LogP contribution in [0.4, 0.5) is 0 Å². The van der Waals surface area contributed by atoms with Crippen molar-refractivity contribution in [3.8, 4) is 0 Å². The van der Waals surface area contributed by atoms with Gasteiger partial charge in [0.05, 0.1) is 12.7 Å². The Balaban J connectivity index is 1.93. The number of hydrogen-bond donors (Lipinski definition) is 0. The Labute approximate surface area is 68.5 Å². The molecule has 2 atom stereocenters. The van der Waals surface area contributed by atoms with Gasteiger partial charge in [-0.1, -0.05) is 0 Å². The van der Waals surface area contributed by atoms with Crippen LogP contribution < -0.4 is 0 Å². The van der Waals surface area contributed by atoms with Crippen molar-refractivity contribution in [1.82, 2.24) is 4.90 Å². The smallest absolute Gasteiger partial charge is 0.0674 e. The molecule has 2 heteroatoms. The Morgan fingerprint density at radius 1 is 1.27 bits per heavy atom. The van der Waals surface area contributed by atoms with Gasteiger partial charge in [-0.3, -0.25) is 4.90 Å². The van der Waals surface area contributed by atoms with Crippen molar-refractivity contribution in [2.24, 2.45) is 0 Å². The van der Waals surface area contributed by atoms with E-state index in [1.54, 1.807) is 0 Å². The van der Waals surface area contributed by atoms with Crippen molar-refractivity contribution in [3.05, 3.63) is 0 Å². The molecule has 2 rings (SSSR count). The molecule has 2 fully saturated rings. The summed E-state index contributed by atoms with van der Waals surface area (Å²) in [6, 6.07) is 1.55. The number of ether oxygens (including phenoxy) is 1. The van der Waals surface area contributed by atoms with Crippen molar-refractivity contribution in [3.63, 3.8) is 0 Å². The monoisotopic (exact) mass is 155 g/mol. The van der Waals surface area contributed by atoms with Crippen molar-refractivity contribution >= 4 is 0 Å². The van der Waals surface area contributed by atoms with E-state index in [1.807, 2.05) is 0 Å². The van der Waals surface area contributed by atoms with E-state index >= 15 is 0 Å². The lowest BCUT2D eigenvalue weighted by Crippen LogP contribution is -2.48. The second kappa shape index (κ2) is 2.76. The van der Waals surface area contributed by atoms with Crippen LogP contribution in [0.2, 0.25) is 0 Å². The van der Waals surface area contributed by atoms with Gasteiger partial charge in [0, 0.05) is 18.6 Å². The molecule has 64 valence electrons. The Hall–Kier alpha value is -0.0800. The van der Waals surface area contributed by atoms with Gasteiger partial charge in [-0.15, -0.1) is 0 Å². The topological polar surface area (TPSA) is 12.5 Å². The number of hydrogen-bond acceptors (Lipinski definition) is 2. The van der Waals surface area contributed by atoms with E-state index in [0.29, 0.717) is 12.1 Å². The van der Waals surface area contributed by atoms with E-state index in [2.05, 4.69) is 18.7 Å². The summed E-state index contributed by atoms with van der Waals surface area (Å²) < 4.78 is 5.56. The fourth-order valence-corrected chi connectivity index (χ4v) is 1.84. The molecule has 0 bridgehead atoms. The lowest BCUT2D eigenvalue weighted by atomic mass is 10.2. The molecule has 11 heavy (non-hydrogen) atoms. The summed E-state index contributed by atoms with van der Waals surface area (Å²) in [7, 11) is 0. The number of nitrogens with zero attached hydrogens (tertiary/aromatic N) is 1. The van der Waals surface area contributed by atoms with Crippen LogP contribution in [0.25, 0.3) is 0 Å². The zero-order chi connectivity index (χ0) is 7.84. The summed E-state index contributed by atoms with van der Waals surface area (Å²) >= 11 is 0. The van der Waals surface area contributed by atoms with Crippen molar-refractivity contribution in [1.29, 1.82) is 0 Å². The van der Waals surface area contributed by atoms with Gasteiger partial charge < -0.3 is 4.74 Å². The first-order valence-corrected chi connectivity index (χ1v) is 4.64. The maximum atomic E-state index is 5.56. The molecule has 1 unspecified atom stereocenters. The molecule has 2 aliphatic rings. The van der Waals surface area contributed by atoms with Crippen LogP contribution in [0.15, 0.2) is 0 Å². The zero-order valence-electron chi connectivity index (χ0n) is 7.42. The second-order valence-electron chi connectivity index (χ2n) is 3.92. The minimum atomic E-state index is 0.451. The molecule has 2 nitrogen and oxygen atoms in total. The summed E-state index contributed by atoms with van der Waals surface area (Å²) in [5.74, 6) is 0. The van der Waals surface area contributed by atoms with E-state index in [-0.39, 0.29) is 0 Å². The molecular formula is C9H17NO. The number of rotatable bonds is 1. The fraction of sp³-hybridized carbons (Fsp3) is 1.00. The van der Waals surface area contributed by atoms with E-state index in [9.17, 15) is 0 Å². The Bertz CT molecular complexity index is 144. The van der Waals surface area contributed by atoms with Gasteiger partial charge in [0.1, 0.15) is 0 Å². The maximum absolute atomic E-state index is 5.56. The largest absolute Gasteiger partial charge is 0.376 e. The van der Waals surface area contributed by atoms with Gasteiger partial charge in [0.2, 0.25) is 0 Å². The molecular weight excluding hydrogens is 138 g/mol. The van der Waals surface area contributed by atoms with Gasteiger partial charge in [-0.05, 0) is 26.7 Å². The van der Waals surface area contributed by atoms with Gasteiger partial charge in [0.25, 0.3) is 0 Å². The van der Waals surface area contributed by atoms with Crippen molar-refractivity contribution in [2.75, 3.05) is 13.2 Å². The molecule has 0 spiro atoms.